The third-order valence-corrected chi connectivity index (χ3v) is 3.05. The van der Waals surface area contributed by atoms with Gasteiger partial charge in [0.05, 0.1) is 19.1 Å². The lowest BCUT2D eigenvalue weighted by Gasteiger charge is -2.24. The molecule has 5 nitrogen and oxygen atoms in total. The van der Waals surface area contributed by atoms with Gasteiger partial charge in [-0.25, -0.2) is 0 Å². The van der Waals surface area contributed by atoms with Gasteiger partial charge in [0.1, 0.15) is 0 Å². The SMILES string of the molecule is CCNC1COCC1C(=O)NCC(C)(C)CO. The molecule has 0 bridgehead atoms. The lowest BCUT2D eigenvalue weighted by Crippen LogP contribution is -2.46. The lowest BCUT2D eigenvalue weighted by atomic mass is 9.94. The molecular weight excluding hydrogens is 220 g/mol. The molecule has 0 spiro atoms. The van der Waals surface area contributed by atoms with Crippen molar-refractivity contribution in [2.45, 2.75) is 26.8 Å². The molecule has 0 aliphatic carbocycles. The standard InChI is InChI=1S/C12H24N2O3/c1-4-13-10-6-17-5-9(10)11(16)14-7-12(2,3)8-15/h9-10,13,15H,4-8H2,1-3H3,(H,14,16). The van der Waals surface area contributed by atoms with Crippen LogP contribution in [0.4, 0.5) is 0 Å². The zero-order valence-corrected chi connectivity index (χ0v) is 11.0. The number of carbonyl (C=O) groups is 1. The summed E-state index contributed by atoms with van der Waals surface area (Å²) in [6.45, 7) is 8.30. The highest BCUT2D eigenvalue weighted by molar-refractivity contribution is 5.79. The molecule has 0 aromatic heterocycles. The maximum atomic E-state index is 12.0. The van der Waals surface area contributed by atoms with Crippen LogP contribution in [0.5, 0.6) is 0 Å². The lowest BCUT2D eigenvalue weighted by molar-refractivity contribution is -0.126. The van der Waals surface area contributed by atoms with E-state index in [2.05, 4.69) is 10.6 Å². The van der Waals surface area contributed by atoms with E-state index in [1.165, 1.54) is 0 Å². The Labute approximate surface area is 103 Å². The van der Waals surface area contributed by atoms with Gasteiger partial charge in [-0.15, -0.1) is 0 Å². The van der Waals surface area contributed by atoms with E-state index in [0.29, 0.717) is 19.8 Å². The third-order valence-electron chi connectivity index (χ3n) is 3.05. The molecular formula is C12H24N2O3. The Kier molecular flexibility index (Phi) is 5.36. The van der Waals surface area contributed by atoms with Crippen molar-refractivity contribution >= 4 is 5.91 Å². The number of rotatable bonds is 6. The summed E-state index contributed by atoms with van der Waals surface area (Å²) in [5.41, 5.74) is -0.275. The monoisotopic (exact) mass is 244 g/mol. The molecule has 1 aliphatic rings. The number of likely N-dealkylation sites (N-methyl/N-ethyl adjacent to an activating group) is 1. The number of ether oxygens (including phenoxy) is 1. The molecule has 0 aromatic carbocycles. The van der Waals surface area contributed by atoms with Gasteiger partial charge in [0.15, 0.2) is 0 Å². The fourth-order valence-electron chi connectivity index (χ4n) is 1.79. The normalized spacial score (nSPS) is 24.9. The zero-order chi connectivity index (χ0) is 12.9. The van der Waals surface area contributed by atoms with E-state index in [9.17, 15) is 4.79 Å². The van der Waals surface area contributed by atoms with Gasteiger partial charge >= 0.3 is 0 Å². The van der Waals surface area contributed by atoms with Gasteiger partial charge in [0, 0.05) is 24.6 Å². The first-order valence-electron chi connectivity index (χ1n) is 6.20. The summed E-state index contributed by atoms with van der Waals surface area (Å²) in [4.78, 5) is 12.0. The molecule has 5 heteroatoms. The molecule has 17 heavy (non-hydrogen) atoms. The van der Waals surface area contributed by atoms with Crippen LogP contribution in [0.3, 0.4) is 0 Å². The van der Waals surface area contributed by atoms with Crippen LogP contribution in [-0.2, 0) is 9.53 Å². The predicted octanol–water partition coefficient (Wildman–Crippen LogP) is -0.254. The fourth-order valence-corrected chi connectivity index (χ4v) is 1.79. The van der Waals surface area contributed by atoms with Gasteiger partial charge < -0.3 is 20.5 Å². The Balaban J connectivity index is 2.41. The van der Waals surface area contributed by atoms with Crippen LogP contribution in [0.15, 0.2) is 0 Å². The summed E-state index contributed by atoms with van der Waals surface area (Å²) in [6, 6.07) is 0.109. The Morgan fingerprint density at radius 3 is 2.76 bits per heavy atom. The Morgan fingerprint density at radius 1 is 1.47 bits per heavy atom. The van der Waals surface area contributed by atoms with Crippen LogP contribution in [0.1, 0.15) is 20.8 Å². The molecule has 3 N–H and O–H groups in total. The van der Waals surface area contributed by atoms with Gasteiger partial charge in [-0.2, -0.15) is 0 Å². The van der Waals surface area contributed by atoms with Crippen molar-refractivity contribution < 1.29 is 14.6 Å². The number of amides is 1. The van der Waals surface area contributed by atoms with E-state index >= 15 is 0 Å². The number of aliphatic hydroxyl groups excluding tert-OH is 1. The Hall–Kier alpha value is -0.650. The Morgan fingerprint density at radius 2 is 2.18 bits per heavy atom. The topological polar surface area (TPSA) is 70.6 Å². The molecule has 1 aliphatic heterocycles. The van der Waals surface area contributed by atoms with Crippen LogP contribution in [-0.4, -0.2) is 50.0 Å². The van der Waals surface area contributed by atoms with E-state index in [1.54, 1.807) is 0 Å². The van der Waals surface area contributed by atoms with E-state index in [4.69, 9.17) is 9.84 Å². The summed E-state index contributed by atoms with van der Waals surface area (Å²) >= 11 is 0. The smallest absolute Gasteiger partial charge is 0.227 e. The molecule has 100 valence electrons. The van der Waals surface area contributed by atoms with Gasteiger partial charge in [0.2, 0.25) is 5.91 Å². The fraction of sp³-hybridized carbons (Fsp3) is 0.917. The van der Waals surface area contributed by atoms with Crippen molar-refractivity contribution in [3.8, 4) is 0 Å². The summed E-state index contributed by atoms with van der Waals surface area (Å²) in [5.74, 6) is -0.112. The summed E-state index contributed by atoms with van der Waals surface area (Å²) in [6.07, 6.45) is 0. The van der Waals surface area contributed by atoms with Crippen LogP contribution in [0, 0.1) is 11.3 Å². The number of carbonyl (C=O) groups excluding carboxylic acids is 1. The van der Waals surface area contributed by atoms with Gasteiger partial charge in [0.25, 0.3) is 0 Å². The third kappa shape index (κ3) is 4.26. The average molecular weight is 244 g/mol. The first kappa shape index (κ1) is 14.4. The van der Waals surface area contributed by atoms with Crippen molar-refractivity contribution in [2.75, 3.05) is 32.9 Å². The predicted molar refractivity (Wildman–Crippen MR) is 65.7 cm³/mol. The van der Waals surface area contributed by atoms with Crippen LogP contribution in [0.25, 0.3) is 0 Å². The minimum atomic E-state index is -0.275. The molecule has 1 amide bonds. The summed E-state index contributed by atoms with van der Waals surface area (Å²) in [7, 11) is 0. The van der Waals surface area contributed by atoms with Gasteiger partial charge in [-0.1, -0.05) is 20.8 Å². The van der Waals surface area contributed by atoms with E-state index in [-0.39, 0.29) is 29.9 Å². The summed E-state index contributed by atoms with van der Waals surface area (Å²) < 4.78 is 5.33. The van der Waals surface area contributed by atoms with Crippen molar-refractivity contribution in [3.05, 3.63) is 0 Å². The van der Waals surface area contributed by atoms with Crippen molar-refractivity contribution in [1.29, 1.82) is 0 Å². The Bertz CT molecular complexity index is 256. The molecule has 2 unspecified atom stereocenters. The maximum absolute atomic E-state index is 12.0. The van der Waals surface area contributed by atoms with E-state index < -0.39 is 0 Å². The van der Waals surface area contributed by atoms with E-state index in [1.807, 2.05) is 20.8 Å². The van der Waals surface area contributed by atoms with Crippen LogP contribution >= 0.6 is 0 Å². The second kappa shape index (κ2) is 6.33. The molecule has 1 rings (SSSR count). The largest absolute Gasteiger partial charge is 0.396 e. The number of hydrogen-bond donors (Lipinski definition) is 3. The summed E-state index contributed by atoms with van der Waals surface area (Å²) in [5, 5.41) is 15.3. The number of aliphatic hydroxyl groups is 1. The molecule has 1 fully saturated rings. The molecule has 1 heterocycles. The molecule has 0 aromatic rings. The van der Waals surface area contributed by atoms with Gasteiger partial charge in [-0.05, 0) is 6.54 Å². The highest BCUT2D eigenvalue weighted by atomic mass is 16.5. The molecule has 2 atom stereocenters. The number of nitrogens with one attached hydrogen (secondary N) is 2. The molecule has 0 saturated carbocycles. The van der Waals surface area contributed by atoms with Crippen molar-refractivity contribution in [3.63, 3.8) is 0 Å². The maximum Gasteiger partial charge on any atom is 0.227 e. The number of hydrogen-bond acceptors (Lipinski definition) is 4. The second-order valence-corrected chi connectivity index (χ2v) is 5.35. The first-order valence-corrected chi connectivity index (χ1v) is 6.20. The highest BCUT2D eigenvalue weighted by Gasteiger charge is 2.33. The van der Waals surface area contributed by atoms with Gasteiger partial charge in [-0.3, -0.25) is 4.79 Å². The van der Waals surface area contributed by atoms with Crippen LogP contribution < -0.4 is 10.6 Å². The quantitative estimate of drug-likeness (QED) is 0.602. The van der Waals surface area contributed by atoms with Crippen molar-refractivity contribution in [1.82, 2.24) is 10.6 Å². The first-order chi connectivity index (χ1) is 8.00. The molecule has 0 radical (unpaired) electrons. The highest BCUT2D eigenvalue weighted by Crippen LogP contribution is 2.16. The van der Waals surface area contributed by atoms with Crippen LogP contribution in [0.2, 0.25) is 0 Å². The van der Waals surface area contributed by atoms with Crippen molar-refractivity contribution in [2.24, 2.45) is 11.3 Å². The molecule has 1 saturated heterocycles. The van der Waals surface area contributed by atoms with E-state index in [0.717, 1.165) is 6.54 Å². The second-order valence-electron chi connectivity index (χ2n) is 5.35. The minimum absolute atomic E-state index is 0.00924. The average Bonchev–Trinajstić information content (AvgIpc) is 2.75. The zero-order valence-electron chi connectivity index (χ0n) is 11.0. The minimum Gasteiger partial charge on any atom is -0.396 e.